The average Bonchev–Trinajstić information content (AvgIpc) is 2.08. The smallest absolute Gasteiger partial charge is 0.0240 e. The van der Waals surface area contributed by atoms with Gasteiger partial charge in [-0.2, -0.15) is 0 Å². The summed E-state index contributed by atoms with van der Waals surface area (Å²) in [6.45, 7) is 6.06. The van der Waals surface area contributed by atoms with E-state index >= 15 is 0 Å². The molecule has 0 spiro atoms. The van der Waals surface area contributed by atoms with E-state index in [1.165, 1.54) is 0 Å². The Bertz CT molecular complexity index is 460. The predicted octanol–water partition coefficient (Wildman–Crippen LogP) is 1.68. The zero-order valence-electron chi connectivity index (χ0n) is 8.58. The summed E-state index contributed by atoms with van der Waals surface area (Å²) < 4.78 is 0. The minimum Gasteiger partial charge on any atom is -0.106 e. The summed E-state index contributed by atoms with van der Waals surface area (Å²) in [5.41, 5.74) is -0.0224. The summed E-state index contributed by atoms with van der Waals surface area (Å²) in [4.78, 5) is 0. The van der Waals surface area contributed by atoms with E-state index in [4.69, 9.17) is 6.42 Å². The van der Waals surface area contributed by atoms with Crippen molar-refractivity contribution in [1.29, 1.82) is 0 Å². The van der Waals surface area contributed by atoms with Crippen molar-refractivity contribution in [2.24, 2.45) is 5.41 Å². The maximum atomic E-state index is 4.89. The number of terminal acetylenes is 1. The van der Waals surface area contributed by atoms with Crippen LogP contribution in [-0.2, 0) is 0 Å². The highest BCUT2D eigenvalue weighted by Gasteiger charge is 2.02. The molecule has 0 aromatic rings. The fraction of sp³-hybridized carbons (Fsp3) is 0.286. The summed E-state index contributed by atoms with van der Waals surface area (Å²) in [6.07, 6.45) is 4.89. The molecule has 0 unspecified atom stereocenters. The van der Waals surface area contributed by atoms with Crippen LogP contribution in [-0.4, -0.2) is 0 Å². The molecular weight excluding hydrogens is 168 g/mol. The van der Waals surface area contributed by atoms with Gasteiger partial charge in [-0.05, 0) is 68.1 Å². The van der Waals surface area contributed by atoms with E-state index in [1.54, 1.807) is 0 Å². The van der Waals surface area contributed by atoms with E-state index in [9.17, 15) is 0 Å². The van der Waals surface area contributed by atoms with E-state index in [1.807, 2.05) is 20.8 Å². The molecule has 0 N–H and O–H groups in total. The van der Waals surface area contributed by atoms with Crippen LogP contribution >= 0.6 is 0 Å². The summed E-state index contributed by atoms with van der Waals surface area (Å²) in [5, 5.41) is 0. The minimum absolute atomic E-state index is 0.0224. The van der Waals surface area contributed by atoms with Crippen molar-refractivity contribution in [3.63, 3.8) is 0 Å². The van der Waals surface area contributed by atoms with Gasteiger partial charge in [0, 0.05) is 5.41 Å². The monoisotopic (exact) mass is 178 g/mol. The molecule has 66 valence electrons. The van der Waals surface area contributed by atoms with Gasteiger partial charge in [-0.1, -0.05) is 5.92 Å². The molecule has 0 radical (unpaired) electrons. The normalized spacial score (nSPS) is 6.71. The van der Waals surface area contributed by atoms with E-state index < -0.39 is 0 Å². The highest BCUT2D eigenvalue weighted by molar-refractivity contribution is 5.42. The minimum atomic E-state index is -0.0224. The lowest BCUT2D eigenvalue weighted by molar-refractivity contribution is 0.571. The number of hydrogen-bond donors (Lipinski definition) is 0. The average molecular weight is 178 g/mol. The van der Waals surface area contributed by atoms with Crippen molar-refractivity contribution in [3.05, 3.63) is 0 Å². The van der Waals surface area contributed by atoms with Gasteiger partial charge in [0.2, 0.25) is 0 Å². The van der Waals surface area contributed by atoms with E-state index in [0.29, 0.717) is 0 Å². The standard InChI is InChI=1S/C14H10/c1-5-6-7-8-9-10-11-12-13-14(2,3)4/h1H,2-4H3. The number of hydrogen-bond acceptors (Lipinski definition) is 0. The van der Waals surface area contributed by atoms with Crippen LogP contribution in [0.3, 0.4) is 0 Å². The van der Waals surface area contributed by atoms with Gasteiger partial charge in [0.05, 0.1) is 0 Å². The molecule has 0 nitrogen and oxygen atoms in total. The van der Waals surface area contributed by atoms with Gasteiger partial charge >= 0.3 is 0 Å². The third-order valence-corrected chi connectivity index (χ3v) is 0.885. The van der Waals surface area contributed by atoms with Crippen molar-refractivity contribution in [1.82, 2.24) is 0 Å². The largest absolute Gasteiger partial charge is 0.106 e. The maximum Gasteiger partial charge on any atom is 0.0240 e. The van der Waals surface area contributed by atoms with Gasteiger partial charge in [-0.3, -0.25) is 0 Å². The zero-order chi connectivity index (χ0) is 10.9. The Hall–Kier alpha value is -2.20. The van der Waals surface area contributed by atoms with Gasteiger partial charge in [0.1, 0.15) is 0 Å². The second kappa shape index (κ2) is 6.33. The molecule has 0 atom stereocenters. The summed E-state index contributed by atoms with van der Waals surface area (Å²) in [5.74, 6) is 22.8. The van der Waals surface area contributed by atoms with E-state index in [0.717, 1.165) is 0 Å². The molecule has 0 aromatic heterocycles. The molecule has 0 aliphatic rings. The first-order valence-electron chi connectivity index (χ1n) is 4.04. The van der Waals surface area contributed by atoms with Crippen LogP contribution in [0.25, 0.3) is 0 Å². The van der Waals surface area contributed by atoms with E-state index in [2.05, 4.69) is 53.3 Å². The third kappa shape index (κ3) is 9.80. The van der Waals surface area contributed by atoms with Crippen molar-refractivity contribution in [3.8, 4) is 59.7 Å². The quantitative estimate of drug-likeness (QED) is 0.495. The van der Waals surface area contributed by atoms with E-state index in [-0.39, 0.29) is 5.41 Å². The zero-order valence-corrected chi connectivity index (χ0v) is 8.58. The summed E-state index contributed by atoms with van der Waals surface area (Å²) in [7, 11) is 0. The van der Waals surface area contributed by atoms with Crippen LogP contribution < -0.4 is 0 Å². The van der Waals surface area contributed by atoms with Crippen LogP contribution in [0.15, 0.2) is 0 Å². The van der Waals surface area contributed by atoms with Gasteiger partial charge in [0.25, 0.3) is 0 Å². The van der Waals surface area contributed by atoms with Crippen molar-refractivity contribution in [2.75, 3.05) is 0 Å². The molecule has 0 rings (SSSR count). The van der Waals surface area contributed by atoms with Crippen LogP contribution in [0.2, 0.25) is 0 Å². The molecule has 0 saturated heterocycles. The Morgan fingerprint density at radius 2 is 1.14 bits per heavy atom. The molecule has 0 fully saturated rings. The van der Waals surface area contributed by atoms with Crippen molar-refractivity contribution < 1.29 is 0 Å². The highest BCUT2D eigenvalue weighted by Crippen LogP contribution is 2.09. The Balaban J connectivity index is 4.26. The lowest BCUT2D eigenvalue weighted by atomic mass is 9.98. The van der Waals surface area contributed by atoms with Crippen LogP contribution in [0.1, 0.15) is 20.8 Å². The SMILES string of the molecule is C#CC#CC#CC#CC#CC(C)(C)C. The molecule has 0 aliphatic heterocycles. The lowest BCUT2D eigenvalue weighted by Gasteiger charge is -2.05. The summed E-state index contributed by atoms with van der Waals surface area (Å²) in [6, 6.07) is 0. The Labute approximate surface area is 86.5 Å². The molecule has 0 amide bonds. The highest BCUT2D eigenvalue weighted by atomic mass is 14.0. The third-order valence-electron chi connectivity index (χ3n) is 0.885. The van der Waals surface area contributed by atoms with Crippen molar-refractivity contribution in [2.45, 2.75) is 20.8 Å². The lowest BCUT2D eigenvalue weighted by Crippen LogP contribution is -1.98. The molecule has 0 bridgehead atoms. The first-order chi connectivity index (χ1) is 6.56. The second-order valence-corrected chi connectivity index (χ2v) is 3.39. The molecule has 0 saturated carbocycles. The Morgan fingerprint density at radius 1 is 0.714 bits per heavy atom. The molecular formula is C14H10. The van der Waals surface area contributed by atoms with Crippen molar-refractivity contribution >= 4 is 0 Å². The Morgan fingerprint density at radius 3 is 1.57 bits per heavy atom. The van der Waals surface area contributed by atoms with Gasteiger partial charge in [-0.15, -0.1) is 6.42 Å². The molecule has 0 heterocycles. The first-order valence-corrected chi connectivity index (χ1v) is 4.04. The fourth-order valence-electron chi connectivity index (χ4n) is 0.411. The molecule has 0 aromatic carbocycles. The number of rotatable bonds is 0. The van der Waals surface area contributed by atoms with Crippen LogP contribution in [0, 0.1) is 65.1 Å². The molecule has 0 heteroatoms. The fourth-order valence-corrected chi connectivity index (χ4v) is 0.411. The molecule has 14 heavy (non-hydrogen) atoms. The maximum absolute atomic E-state index is 4.89. The van der Waals surface area contributed by atoms with Gasteiger partial charge in [0.15, 0.2) is 0 Å². The second-order valence-electron chi connectivity index (χ2n) is 3.39. The van der Waals surface area contributed by atoms with Crippen LogP contribution in [0.4, 0.5) is 0 Å². The van der Waals surface area contributed by atoms with Gasteiger partial charge in [-0.25, -0.2) is 0 Å². The summed E-state index contributed by atoms with van der Waals surface area (Å²) >= 11 is 0. The molecule has 0 aliphatic carbocycles. The first kappa shape index (κ1) is 11.8. The Kier molecular flexibility index (Phi) is 5.34. The predicted molar refractivity (Wildman–Crippen MR) is 59.4 cm³/mol. The topological polar surface area (TPSA) is 0 Å². The van der Waals surface area contributed by atoms with Crippen LogP contribution in [0.5, 0.6) is 0 Å². The van der Waals surface area contributed by atoms with Gasteiger partial charge < -0.3 is 0 Å².